The normalized spacial score (nSPS) is 10.6. The van der Waals surface area contributed by atoms with E-state index in [0.717, 1.165) is 46.4 Å². The lowest BCUT2D eigenvalue weighted by Crippen LogP contribution is -2.15. The first-order valence-electron chi connectivity index (χ1n) is 7.77. The molecule has 2 rings (SSSR count). The van der Waals surface area contributed by atoms with Gasteiger partial charge < -0.3 is 0 Å². The molecule has 0 fully saturated rings. The van der Waals surface area contributed by atoms with Crippen LogP contribution in [0.15, 0.2) is 46.8 Å². The molecule has 16 nitrogen and oxygen atoms in total. The smallest absolute Gasteiger partial charge is 0.258 e. The quantitative estimate of drug-likeness (QED) is 0.346. The zero-order valence-corrected chi connectivity index (χ0v) is 15.3. The van der Waals surface area contributed by atoms with E-state index < -0.39 is 42.4 Å². The van der Waals surface area contributed by atoms with Crippen molar-refractivity contribution in [2.45, 2.75) is 0 Å². The third-order valence-corrected chi connectivity index (χ3v) is 3.74. The van der Waals surface area contributed by atoms with Crippen LogP contribution in [0.4, 0.5) is 34.1 Å². The first-order chi connectivity index (χ1) is 14.0. The van der Waals surface area contributed by atoms with Crippen LogP contribution in [0.5, 0.6) is 0 Å². The van der Waals surface area contributed by atoms with Crippen LogP contribution in [0.3, 0.4) is 0 Å². The highest BCUT2D eigenvalue weighted by Gasteiger charge is 2.24. The highest BCUT2D eigenvalue weighted by atomic mass is 16.6. The Morgan fingerprint density at radius 2 is 0.967 bits per heavy atom. The van der Waals surface area contributed by atoms with Gasteiger partial charge in [-0.3, -0.25) is 40.5 Å². The van der Waals surface area contributed by atoms with Gasteiger partial charge in [-0.1, -0.05) is 0 Å². The Morgan fingerprint density at radius 3 is 1.23 bits per heavy atom. The van der Waals surface area contributed by atoms with Gasteiger partial charge in [0, 0.05) is 26.2 Å². The minimum atomic E-state index is -0.834. The van der Waals surface area contributed by atoms with Crippen LogP contribution < -0.4 is 10.0 Å². The maximum atomic E-state index is 11.2. The van der Waals surface area contributed by atoms with Gasteiger partial charge in [0.2, 0.25) is 0 Å². The van der Waals surface area contributed by atoms with Gasteiger partial charge in [0.15, 0.2) is 0 Å². The van der Waals surface area contributed by atoms with Crippen molar-refractivity contribution < 1.29 is 19.7 Å². The lowest BCUT2D eigenvalue weighted by Gasteiger charge is -2.15. The van der Waals surface area contributed by atoms with Crippen molar-refractivity contribution in [1.29, 1.82) is 0 Å². The summed E-state index contributed by atoms with van der Waals surface area (Å²) in [5, 5.41) is 53.3. The third-order valence-electron chi connectivity index (χ3n) is 3.74. The molecule has 0 bridgehead atoms. The molecule has 156 valence electrons. The summed E-state index contributed by atoms with van der Waals surface area (Å²) in [5.74, 6) is 0. The Balaban J connectivity index is 2.36. The Labute approximate surface area is 166 Å². The molecule has 30 heavy (non-hydrogen) atoms. The summed E-state index contributed by atoms with van der Waals surface area (Å²) in [6.07, 6.45) is 0. The van der Waals surface area contributed by atoms with Gasteiger partial charge in [0.05, 0.1) is 31.8 Å². The van der Waals surface area contributed by atoms with Gasteiger partial charge in [-0.2, -0.15) is 0 Å². The highest BCUT2D eigenvalue weighted by Crippen LogP contribution is 2.33. The van der Waals surface area contributed by atoms with E-state index >= 15 is 0 Å². The Kier molecular flexibility index (Phi) is 6.10. The van der Waals surface area contributed by atoms with Crippen LogP contribution in [0, 0.1) is 40.5 Å². The van der Waals surface area contributed by atoms with E-state index in [1.54, 1.807) is 0 Å². The van der Waals surface area contributed by atoms with E-state index in [1.807, 2.05) is 0 Å². The van der Waals surface area contributed by atoms with E-state index in [9.17, 15) is 40.5 Å². The van der Waals surface area contributed by atoms with Crippen molar-refractivity contribution in [1.82, 2.24) is 0 Å². The topological polar surface area (TPSA) is 204 Å². The van der Waals surface area contributed by atoms with Crippen LogP contribution in [-0.2, 0) is 0 Å². The van der Waals surface area contributed by atoms with Crippen LogP contribution in [-0.4, -0.2) is 33.8 Å². The highest BCUT2D eigenvalue weighted by molar-refractivity contribution is 5.67. The van der Waals surface area contributed by atoms with Crippen LogP contribution >= 0.6 is 0 Å². The summed E-state index contributed by atoms with van der Waals surface area (Å²) in [5.41, 5.74) is -2.44. The fraction of sp³-hybridized carbons (Fsp3) is 0.143. The number of nitro groups is 4. The Morgan fingerprint density at radius 1 is 0.633 bits per heavy atom. The molecule has 0 aliphatic rings. The molecular formula is C14H12N8O8. The first kappa shape index (κ1) is 21.5. The summed E-state index contributed by atoms with van der Waals surface area (Å²) in [4.78, 5) is 40.8. The SMILES string of the molecule is CN(/N=N/N(C)c1ccc([N+](=O)[O-])cc1[N+](=O)[O-])c1ccc([N+](=O)[O-])cc1[N+](=O)[O-]. The summed E-state index contributed by atoms with van der Waals surface area (Å²) < 4.78 is 0. The molecular weight excluding hydrogens is 408 g/mol. The van der Waals surface area contributed by atoms with Crippen molar-refractivity contribution >= 4 is 34.1 Å². The molecule has 16 heteroatoms. The zero-order chi connectivity index (χ0) is 22.6. The molecule has 0 aliphatic heterocycles. The van der Waals surface area contributed by atoms with E-state index in [1.165, 1.54) is 14.1 Å². The largest absolute Gasteiger partial charge is 0.301 e. The predicted molar refractivity (Wildman–Crippen MR) is 101 cm³/mol. The maximum absolute atomic E-state index is 11.2. The van der Waals surface area contributed by atoms with Gasteiger partial charge in [-0.15, -0.1) is 0 Å². The van der Waals surface area contributed by atoms with Gasteiger partial charge in [0.1, 0.15) is 11.4 Å². The lowest BCUT2D eigenvalue weighted by atomic mass is 10.2. The summed E-state index contributed by atoms with van der Waals surface area (Å²) in [7, 11) is 2.55. The molecule has 2 aromatic carbocycles. The fourth-order valence-electron chi connectivity index (χ4n) is 2.31. The molecule has 0 aromatic heterocycles. The molecule has 0 radical (unpaired) electrons. The van der Waals surface area contributed by atoms with Crippen molar-refractivity contribution in [3.63, 3.8) is 0 Å². The summed E-state index contributed by atoms with van der Waals surface area (Å²) in [6.45, 7) is 0. The van der Waals surface area contributed by atoms with Gasteiger partial charge in [-0.25, -0.2) is 10.0 Å². The molecule has 2 aromatic rings. The van der Waals surface area contributed by atoms with Gasteiger partial charge >= 0.3 is 11.4 Å². The zero-order valence-electron chi connectivity index (χ0n) is 15.3. The number of non-ortho nitro benzene ring substituents is 2. The second-order valence-corrected chi connectivity index (χ2v) is 5.60. The van der Waals surface area contributed by atoms with Crippen molar-refractivity contribution in [3.8, 4) is 0 Å². The standard InChI is InChI=1S/C14H12N8O8/c1-17(11-5-3-9(19(23)24)7-13(11)21(27)28)15-16-18(2)12-6-4-10(20(25)26)8-14(12)22(29)30/h3-8H,1-2H3/b16-15+. The molecule has 0 heterocycles. The average Bonchev–Trinajstić information content (AvgIpc) is 2.70. The fourth-order valence-corrected chi connectivity index (χ4v) is 2.31. The van der Waals surface area contributed by atoms with E-state index in [-0.39, 0.29) is 11.4 Å². The summed E-state index contributed by atoms with van der Waals surface area (Å²) >= 11 is 0. The molecule has 0 saturated heterocycles. The molecule has 0 atom stereocenters. The molecule has 0 aliphatic carbocycles. The molecule has 0 unspecified atom stereocenters. The Hall–Kier alpha value is -4.76. The second-order valence-electron chi connectivity index (χ2n) is 5.60. The predicted octanol–water partition coefficient (Wildman–Crippen LogP) is 3.17. The number of hydrogen-bond donors (Lipinski definition) is 0. The lowest BCUT2D eigenvalue weighted by molar-refractivity contribution is -0.394. The van der Waals surface area contributed by atoms with E-state index in [4.69, 9.17) is 0 Å². The van der Waals surface area contributed by atoms with E-state index in [0.29, 0.717) is 0 Å². The van der Waals surface area contributed by atoms with Crippen molar-refractivity contribution in [2.24, 2.45) is 10.4 Å². The van der Waals surface area contributed by atoms with Gasteiger partial charge in [-0.05, 0) is 22.6 Å². The minimum Gasteiger partial charge on any atom is -0.258 e. The molecule has 0 amide bonds. The Bertz CT molecular complexity index is 988. The number of anilines is 2. The van der Waals surface area contributed by atoms with Crippen LogP contribution in [0.25, 0.3) is 0 Å². The second kappa shape index (κ2) is 8.50. The third kappa shape index (κ3) is 4.55. The number of nitro benzene ring substituents is 4. The van der Waals surface area contributed by atoms with Crippen LogP contribution in [0.1, 0.15) is 0 Å². The number of hydrogen-bond acceptors (Lipinski definition) is 10. The summed E-state index contributed by atoms with van der Waals surface area (Å²) in [6, 6.07) is 5.80. The number of nitrogens with zero attached hydrogens (tertiary/aromatic N) is 8. The van der Waals surface area contributed by atoms with Crippen molar-refractivity contribution in [3.05, 3.63) is 76.9 Å². The minimum absolute atomic E-state index is 0.124. The van der Waals surface area contributed by atoms with E-state index in [2.05, 4.69) is 10.4 Å². The number of rotatable bonds is 8. The van der Waals surface area contributed by atoms with Gasteiger partial charge in [0.25, 0.3) is 11.4 Å². The number of benzene rings is 2. The monoisotopic (exact) mass is 420 g/mol. The average molecular weight is 420 g/mol. The maximum Gasteiger partial charge on any atom is 0.301 e. The molecule has 0 N–H and O–H groups in total. The molecule has 0 spiro atoms. The van der Waals surface area contributed by atoms with Crippen LogP contribution in [0.2, 0.25) is 0 Å². The van der Waals surface area contributed by atoms with Crippen molar-refractivity contribution in [2.75, 3.05) is 24.1 Å². The first-order valence-corrected chi connectivity index (χ1v) is 7.77. The molecule has 0 saturated carbocycles.